The third kappa shape index (κ3) is 1.70. The van der Waals surface area contributed by atoms with Crippen molar-refractivity contribution in [2.24, 2.45) is 0 Å². The van der Waals surface area contributed by atoms with Crippen LogP contribution in [-0.4, -0.2) is 26.2 Å². The van der Waals surface area contributed by atoms with Crippen molar-refractivity contribution < 1.29 is 0 Å². The molecule has 0 saturated carbocycles. The van der Waals surface area contributed by atoms with Crippen LogP contribution in [0.5, 0.6) is 0 Å². The molecule has 0 spiro atoms. The molecular formula is C11H11BrN2S2. The number of hydrogen-bond acceptors (Lipinski definition) is 3. The fourth-order valence-corrected chi connectivity index (χ4v) is 4.32. The maximum Gasteiger partial charge on any atom is 0.142 e. The zero-order valence-electron chi connectivity index (χ0n) is 8.60. The Morgan fingerprint density at radius 1 is 1.31 bits per heavy atom. The molecule has 0 N–H and O–H groups in total. The molecule has 5 heteroatoms. The molecule has 0 aliphatic carbocycles. The van der Waals surface area contributed by atoms with Crippen LogP contribution in [0.4, 0.5) is 0 Å². The fourth-order valence-electron chi connectivity index (χ4n) is 2.24. The summed E-state index contributed by atoms with van der Waals surface area (Å²) in [5, 5.41) is 0. The van der Waals surface area contributed by atoms with Crippen LogP contribution in [0.15, 0.2) is 29.2 Å². The van der Waals surface area contributed by atoms with E-state index in [0.29, 0.717) is 0 Å². The van der Waals surface area contributed by atoms with Crippen molar-refractivity contribution in [2.45, 2.75) is 17.5 Å². The first-order chi connectivity index (χ1) is 7.77. The Balaban J connectivity index is 2.09. The molecule has 0 amide bonds. The molecule has 84 valence electrons. The number of nitrogens with zero attached hydrogens (tertiary/aromatic N) is 2. The lowest BCUT2D eigenvalue weighted by atomic mass is 10.1. The summed E-state index contributed by atoms with van der Waals surface area (Å²) in [6, 6.07) is 8.52. The number of fused-ring (bicyclic) bond motifs is 3. The highest BCUT2D eigenvalue weighted by atomic mass is 79.9. The summed E-state index contributed by atoms with van der Waals surface area (Å²) in [6.45, 7) is 2.13. The number of halogens is 1. The van der Waals surface area contributed by atoms with Gasteiger partial charge in [0.2, 0.25) is 0 Å². The van der Waals surface area contributed by atoms with Crippen LogP contribution in [0.2, 0.25) is 0 Å². The summed E-state index contributed by atoms with van der Waals surface area (Å²) >= 11 is 10.8. The van der Waals surface area contributed by atoms with E-state index >= 15 is 0 Å². The minimum Gasteiger partial charge on any atom is -0.337 e. The van der Waals surface area contributed by atoms with Crippen LogP contribution in [0.25, 0.3) is 0 Å². The van der Waals surface area contributed by atoms with Gasteiger partial charge in [0, 0.05) is 39.7 Å². The Morgan fingerprint density at radius 3 is 3.00 bits per heavy atom. The van der Waals surface area contributed by atoms with E-state index in [1.165, 1.54) is 10.5 Å². The second-order valence-corrected chi connectivity index (χ2v) is 6.54. The summed E-state index contributed by atoms with van der Waals surface area (Å²) in [5.41, 5.74) is 1.36. The monoisotopic (exact) mass is 314 g/mol. The van der Waals surface area contributed by atoms with Gasteiger partial charge in [-0.25, -0.2) is 3.93 Å². The summed E-state index contributed by atoms with van der Waals surface area (Å²) in [5.74, 6) is 0. The zero-order valence-corrected chi connectivity index (χ0v) is 11.8. The van der Waals surface area contributed by atoms with Gasteiger partial charge in [-0.05, 0) is 12.5 Å². The Hall–Kier alpha value is -0.100. The van der Waals surface area contributed by atoms with Crippen LogP contribution in [0.3, 0.4) is 0 Å². The van der Waals surface area contributed by atoms with Gasteiger partial charge in [-0.1, -0.05) is 42.2 Å². The molecule has 0 radical (unpaired) electrons. The van der Waals surface area contributed by atoms with E-state index in [2.05, 4.69) is 49.2 Å². The van der Waals surface area contributed by atoms with Crippen LogP contribution in [0, 0.1) is 0 Å². The first kappa shape index (κ1) is 11.0. The van der Waals surface area contributed by atoms with Crippen LogP contribution < -0.4 is 0 Å². The molecule has 1 fully saturated rings. The van der Waals surface area contributed by atoms with Gasteiger partial charge in [-0.15, -0.1) is 0 Å². The second kappa shape index (κ2) is 4.29. The van der Waals surface area contributed by atoms with Gasteiger partial charge >= 0.3 is 0 Å². The van der Waals surface area contributed by atoms with Crippen LogP contribution >= 0.6 is 40.1 Å². The van der Waals surface area contributed by atoms with E-state index < -0.39 is 0 Å². The summed E-state index contributed by atoms with van der Waals surface area (Å²) < 4.78 is 3.20. The number of benzene rings is 1. The van der Waals surface area contributed by atoms with Gasteiger partial charge < -0.3 is 4.90 Å². The standard InChI is InChI=1S/C11H11BrN2S2/c12-14-7-3-6-13-10(14)8-4-1-2-5-9(8)16-11(13)15/h1-2,4-5,10H,3,6-7H2. The van der Waals surface area contributed by atoms with Gasteiger partial charge in [0.25, 0.3) is 0 Å². The van der Waals surface area contributed by atoms with Crippen LogP contribution in [-0.2, 0) is 0 Å². The first-order valence-corrected chi connectivity index (χ1v) is 7.20. The molecule has 0 aromatic heterocycles. The molecular weight excluding hydrogens is 304 g/mol. The molecule has 1 atom stereocenters. The Bertz CT molecular complexity index is 438. The average Bonchev–Trinajstić information content (AvgIpc) is 2.30. The Kier molecular flexibility index (Phi) is 2.96. The van der Waals surface area contributed by atoms with Crippen molar-refractivity contribution in [2.75, 3.05) is 13.1 Å². The molecule has 2 aliphatic rings. The highest BCUT2D eigenvalue weighted by molar-refractivity contribution is 9.07. The molecule has 2 nitrogen and oxygen atoms in total. The lowest BCUT2D eigenvalue weighted by Gasteiger charge is -2.45. The van der Waals surface area contributed by atoms with E-state index in [4.69, 9.17) is 12.2 Å². The van der Waals surface area contributed by atoms with Gasteiger partial charge in [0.1, 0.15) is 10.5 Å². The molecule has 1 aromatic rings. The highest BCUT2D eigenvalue weighted by Crippen LogP contribution is 2.43. The summed E-state index contributed by atoms with van der Waals surface area (Å²) in [7, 11) is 0. The normalized spacial score (nSPS) is 25.2. The molecule has 1 unspecified atom stereocenters. The maximum atomic E-state index is 5.47. The van der Waals surface area contributed by atoms with E-state index in [-0.39, 0.29) is 6.17 Å². The van der Waals surface area contributed by atoms with E-state index in [1.54, 1.807) is 11.8 Å². The SMILES string of the molecule is S=C1Sc2ccccc2C2N(Br)CCCN12. The largest absolute Gasteiger partial charge is 0.337 e. The molecule has 16 heavy (non-hydrogen) atoms. The predicted molar refractivity (Wildman–Crippen MR) is 74.6 cm³/mol. The third-order valence-corrected chi connectivity index (χ3v) is 5.19. The lowest BCUT2D eigenvalue weighted by molar-refractivity contribution is 0.144. The summed E-state index contributed by atoms with van der Waals surface area (Å²) in [6.07, 6.45) is 1.43. The predicted octanol–water partition coefficient (Wildman–Crippen LogP) is 3.39. The Labute approximate surface area is 113 Å². The Morgan fingerprint density at radius 2 is 2.12 bits per heavy atom. The van der Waals surface area contributed by atoms with E-state index in [0.717, 1.165) is 23.8 Å². The van der Waals surface area contributed by atoms with Crippen molar-refractivity contribution in [1.82, 2.24) is 8.83 Å². The molecule has 1 aromatic carbocycles. The minimum atomic E-state index is 0.277. The van der Waals surface area contributed by atoms with E-state index in [9.17, 15) is 0 Å². The average molecular weight is 315 g/mol. The van der Waals surface area contributed by atoms with Crippen molar-refractivity contribution in [3.8, 4) is 0 Å². The molecule has 1 saturated heterocycles. The van der Waals surface area contributed by atoms with Gasteiger partial charge in [0.05, 0.1) is 0 Å². The molecule has 2 aliphatic heterocycles. The van der Waals surface area contributed by atoms with Gasteiger partial charge in [0.15, 0.2) is 0 Å². The highest BCUT2D eigenvalue weighted by Gasteiger charge is 2.36. The maximum absolute atomic E-state index is 5.47. The fraction of sp³-hybridized carbons (Fsp3) is 0.364. The zero-order chi connectivity index (χ0) is 11.1. The van der Waals surface area contributed by atoms with Crippen molar-refractivity contribution in [1.29, 1.82) is 0 Å². The third-order valence-electron chi connectivity index (χ3n) is 2.96. The number of rotatable bonds is 0. The minimum absolute atomic E-state index is 0.277. The molecule has 3 rings (SSSR count). The van der Waals surface area contributed by atoms with Crippen molar-refractivity contribution >= 4 is 44.4 Å². The number of thioether (sulfide) groups is 1. The number of hydrogen-bond donors (Lipinski definition) is 0. The molecule has 2 heterocycles. The lowest BCUT2D eigenvalue weighted by Crippen LogP contribution is -2.46. The summed E-state index contributed by atoms with van der Waals surface area (Å²) in [4.78, 5) is 3.60. The number of thiocarbonyl (C=S) groups is 1. The topological polar surface area (TPSA) is 6.48 Å². The van der Waals surface area contributed by atoms with Gasteiger partial charge in [-0.2, -0.15) is 0 Å². The first-order valence-electron chi connectivity index (χ1n) is 5.27. The second-order valence-electron chi connectivity index (χ2n) is 3.95. The smallest absolute Gasteiger partial charge is 0.142 e. The van der Waals surface area contributed by atoms with Crippen molar-refractivity contribution in [3.05, 3.63) is 29.8 Å². The quantitative estimate of drug-likeness (QED) is 0.534. The van der Waals surface area contributed by atoms with E-state index in [1.807, 2.05) is 0 Å². The molecule has 0 bridgehead atoms. The van der Waals surface area contributed by atoms with Gasteiger partial charge in [-0.3, -0.25) is 0 Å². The van der Waals surface area contributed by atoms with Crippen molar-refractivity contribution in [3.63, 3.8) is 0 Å². The van der Waals surface area contributed by atoms with Crippen LogP contribution in [0.1, 0.15) is 18.2 Å².